The van der Waals surface area contributed by atoms with Crippen molar-refractivity contribution in [2.24, 2.45) is 11.7 Å². The van der Waals surface area contributed by atoms with E-state index in [-0.39, 0.29) is 5.91 Å². The third kappa shape index (κ3) is 3.19. The molecule has 4 nitrogen and oxygen atoms in total. The van der Waals surface area contributed by atoms with Crippen molar-refractivity contribution in [2.75, 3.05) is 26.7 Å². The van der Waals surface area contributed by atoms with E-state index in [0.717, 1.165) is 19.0 Å². The van der Waals surface area contributed by atoms with Gasteiger partial charge in [-0.25, -0.2) is 0 Å². The Morgan fingerprint density at radius 2 is 2.19 bits per heavy atom. The number of carbonyl (C=O) groups excluding carboxylic acids is 1. The van der Waals surface area contributed by atoms with Crippen LogP contribution < -0.4 is 11.1 Å². The monoisotopic (exact) mass is 227 g/mol. The zero-order chi connectivity index (χ0) is 12.2. The van der Waals surface area contributed by atoms with Gasteiger partial charge in [0.25, 0.3) is 0 Å². The van der Waals surface area contributed by atoms with Gasteiger partial charge in [-0.3, -0.25) is 4.79 Å². The summed E-state index contributed by atoms with van der Waals surface area (Å²) in [4.78, 5) is 13.7. The average molecular weight is 227 g/mol. The molecule has 94 valence electrons. The fourth-order valence-corrected chi connectivity index (χ4v) is 2.07. The Hall–Kier alpha value is -0.610. The molecule has 0 aliphatic heterocycles. The third-order valence-electron chi connectivity index (χ3n) is 3.82. The van der Waals surface area contributed by atoms with Crippen molar-refractivity contribution in [3.63, 3.8) is 0 Å². The number of rotatable bonds is 7. The van der Waals surface area contributed by atoms with Gasteiger partial charge in [-0.05, 0) is 39.3 Å². The molecule has 1 fully saturated rings. The molecule has 0 heterocycles. The van der Waals surface area contributed by atoms with Gasteiger partial charge in [0, 0.05) is 13.1 Å². The molecule has 0 saturated heterocycles. The van der Waals surface area contributed by atoms with Gasteiger partial charge in [0.2, 0.25) is 5.91 Å². The Morgan fingerprint density at radius 3 is 2.50 bits per heavy atom. The summed E-state index contributed by atoms with van der Waals surface area (Å²) in [6, 6.07) is 0. The Balaban J connectivity index is 2.49. The Bertz CT molecular complexity index is 240. The molecule has 1 saturated carbocycles. The minimum Gasteiger partial charge on any atom is -0.368 e. The molecule has 1 unspecified atom stereocenters. The summed E-state index contributed by atoms with van der Waals surface area (Å²) in [5.74, 6) is 0.552. The molecule has 0 spiro atoms. The molecular formula is C12H25N3O. The molecule has 0 aromatic heterocycles. The minimum atomic E-state index is -0.611. The highest BCUT2D eigenvalue weighted by Crippen LogP contribution is 2.27. The zero-order valence-corrected chi connectivity index (χ0v) is 10.8. The molecule has 4 heteroatoms. The Labute approximate surface area is 98.6 Å². The van der Waals surface area contributed by atoms with Crippen LogP contribution in [0.25, 0.3) is 0 Å². The number of amides is 1. The SMILES string of the molecule is CCN(CC1CCC1)CC(C)(NC)C(N)=O. The topological polar surface area (TPSA) is 58.4 Å². The van der Waals surface area contributed by atoms with E-state index in [0.29, 0.717) is 6.54 Å². The maximum atomic E-state index is 11.4. The highest BCUT2D eigenvalue weighted by molar-refractivity contribution is 5.84. The lowest BCUT2D eigenvalue weighted by Gasteiger charge is -2.36. The van der Waals surface area contributed by atoms with Gasteiger partial charge in [0.15, 0.2) is 0 Å². The van der Waals surface area contributed by atoms with Crippen molar-refractivity contribution >= 4 is 5.91 Å². The summed E-state index contributed by atoms with van der Waals surface area (Å²) >= 11 is 0. The first-order chi connectivity index (χ1) is 7.51. The second-order valence-electron chi connectivity index (χ2n) is 5.07. The van der Waals surface area contributed by atoms with E-state index in [1.807, 2.05) is 6.92 Å². The fraction of sp³-hybridized carbons (Fsp3) is 0.917. The van der Waals surface area contributed by atoms with Crippen LogP contribution in [0.5, 0.6) is 0 Å². The smallest absolute Gasteiger partial charge is 0.238 e. The summed E-state index contributed by atoms with van der Waals surface area (Å²) in [7, 11) is 1.79. The van der Waals surface area contributed by atoms with Crippen LogP contribution in [0.2, 0.25) is 0 Å². The summed E-state index contributed by atoms with van der Waals surface area (Å²) in [6.45, 7) is 6.78. The van der Waals surface area contributed by atoms with E-state index in [1.165, 1.54) is 19.3 Å². The summed E-state index contributed by atoms with van der Waals surface area (Å²) in [5.41, 5.74) is 4.82. The van der Waals surface area contributed by atoms with Crippen molar-refractivity contribution < 1.29 is 4.79 Å². The van der Waals surface area contributed by atoms with Crippen molar-refractivity contribution in [3.8, 4) is 0 Å². The molecular weight excluding hydrogens is 202 g/mol. The molecule has 0 bridgehead atoms. The van der Waals surface area contributed by atoms with Gasteiger partial charge in [-0.15, -0.1) is 0 Å². The first-order valence-electron chi connectivity index (χ1n) is 6.23. The van der Waals surface area contributed by atoms with Crippen LogP contribution in [0, 0.1) is 5.92 Å². The molecule has 0 aromatic rings. The van der Waals surface area contributed by atoms with E-state index in [9.17, 15) is 4.79 Å². The Morgan fingerprint density at radius 1 is 1.56 bits per heavy atom. The first-order valence-corrected chi connectivity index (χ1v) is 6.23. The number of nitrogens with zero attached hydrogens (tertiary/aromatic N) is 1. The Kier molecular flexibility index (Phi) is 4.74. The number of primary amides is 1. The van der Waals surface area contributed by atoms with Crippen LogP contribution in [0.1, 0.15) is 33.1 Å². The van der Waals surface area contributed by atoms with Gasteiger partial charge >= 0.3 is 0 Å². The number of nitrogens with one attached hydrogen (secondary N) is 1. The number of hydrogen-bond acceptors (Lipinski definition) is 3. The molecule has 1 aliphatic rings. The van der Waals surface area contributed by atoms with E-state index < -0.39 is 5.54 Å². The van der Waals surface area contributed by atoms with Crippen LogP contribution >= 0.6 is 0 Å². The minimum absolute atomic E-state index is 0.276. The highest BCUT2D eigenvalue weighted by atomic mass is 16.1. The molecule has 0 aromatic carbocycles. The number of likely N-dealkylation sites (N-methyl/N-ethyl adjacent to an activating group) is 2. The maximum absolute atomic E-state index is 11.4. The van der Waals surface area contributed by atoms with Crippen LogP contribution in [0.3, 0.4) is 0 Å². The molecule has 1 aliphatic carbocycles. The largest absolute Gasteiger partial charge is 0.368 e. The van der Waals surface area contributed by atoms with Crippen LogP contribution in [-0.4, -0.2) is 43.0 Å². The average Bonchev–Trinajstić information content (AvgIpc) is 2.20. The predicted molar refractivity (Wildman–Crippen MR) is 66.1 cm³/mol. The summed E-state index contributed by atoms with van der Waals surface area (Å²) in [5, 5.41) is 3.04. The summed E-state index contributed by atoms with van der Waals surface area (Å²) < 4.78 is 0. The van der Waals surface area contributed by atoms with E-state index in [1.54, 1.807) is 7.05 Å². The second kappa shape index (κ2) is 5.64. The van der Waals surface area contributed by atoms with Crippen LogP contribution in [-0.2, 0) is 4.79 Å². The van der Waals surface area contributed by atoms with E-state index in [4.69, 9.17) is 5.73 Å². The fourth-order valence-electron chi connectivity index (χ4n) is 2.07. The first kappa shape index (κ1) is 13.5. The molecule has 16 heavy (non-hydrogen) atoms. The van der Waals surface area contributed by atoms with Crippen molar-refractivity contribution in [2.45, 2.75) is 38.6 Å². The number of nitrogens with two attached hydrogens (primary N) is 1. The molecule has 1 rings (SSSR count). The maximum Gasteiger partial charge on any atom is 0.238 e. The standard InChI is InChI=1S/C12H25N3O/c1-4-15(8-10-6-5-7-10)9-12(2,14-3)11(13)16/h10,14H,4-9H2,1-3H3,(H2,13,16). The lowest BCUT2D eigenvalue weighted by molar-refractivity contribution is -0.124. The molecule has 0 radical (unpaired) electrons. The van der Waals surface area contributed by atoms with Crippen LogP contribution in [0.4, 0.5) is 0 Å². The number of carbonyl (C=O) groups is 1. The van der Waals surface area contributed by atoms with Crippen LogP contribution in [0.15, 0.2) is 0 Å². The van der Waals surface area contributed by atoms with Gasteiger partial charge in [0.05, 0.1) is 0 Å². The van der Waals surface area contributed by atoms with Gasteiger partial charge in [0.1, 0.15) is 5.54 Å². The predicted octanol–water partition coefficient (Wildman–Crippen LogP) is 0.572. The summed E-state index contributed by atoms with van der Waals surface area (Å²) in [6.07, 6.45) is 4.04. The zero-order valence-electron chi connectivity index (χ0n) is 10.8. The lowest BCUT2D eigenvalue weighted by atomic mass is 9.85. The normalized spacial score (nSPS) is 20.5. The highest BCUT2D eigenvalue weighted by Gasteiger charge is 2.32. The third-order valence-corrected chi connectivity index (χ3v) is 3.82. The molecule has 3 N–H and O–H groups in total. The van der Waals surface area contributed by atoms with Gasteiger partial charge < -0.3 is 16.0 Å². The molecule has 1 amide bonds. The van der Waals surface area contributed by atoms with Gasteiger partial charge in [-0.1, -0.05) is 13.3 Å². The van der Waals surface area contributed by atoms with Crippen molar-refractivity contribution in [3.05, 3.63) is 0 Å². The number of hydrogen-bond donors (Lipinski definition) is 2. The van der Waals surface area contributed by atoms with Gasteiger partial charge in [-0.2, -0.15) is 0 Å². The second-order valence-corrected chi connectivity index (χ2v) is 5.07. The van der Waals surface area contributed by atoms with E-state index >= 15 is 0 Å². The van der Waals surface area contributed by atoms with E-state index in [2.05, 4.69) is 17.1 Å². The quantitative estimate of drug-likeness (QED) is 0.668. The van der Waals surface area contributed by atoms with Crippen molar-refractivity contribution in [1.29, 1.82) is 0 Å². The lowest BCUT2D eigenvalue weighted by Crippen LogP contribution is -2.58. The van der Waals surface area contributed by atoms with Crippen molar-refractivity contribution in [1.82, 2.24) is 10.2 Å². The molecule has 1 atom stereocenters.